The van der Waals surface area contributed by atoms with E-state index in [4.69, 9.17) is 0 Å². The van der Waals surface area contributed by atoms with E-state index in [-0.39, 0.29) is 30.3 Å². The quantitative estimate of drug-likeness (QED) is 0.566. The summed E-state index contributed by atoms with van der Waals surface area (Å²) in [6, 6.07) is 14.1. The van der Waals surface area contributed by atoms with E-state index in [1.165, 1.54) is 0 Å². The molecule has 2 amide bonds. The second-order valence-corrected chi connectivity index (χ2v) is 8.72. The fourth-order valence-corrected chi connectivity index (χ4v) is 3.77. The minimum absolute atomic E-state index is 0.00495. The molecular formula is C23H32N2O2S. The van der Waals surface area contributed by atoms with Crippen LogP contribution < -0.4 is 0 Å². The van der Waals surface area contributed by atoms with Gasteiger partial charge in [-0.3, -0.25) is 9.59 Å². The van der Waals surface area contributed by atoms with Gasteiger partial charge < -0.3 is 9.80 Å². The minimum atomic E-state index is -0.00495. The normalized spacial score (nSPS) is 12.0. The van der Waals surface area contributed by atoms with Crippen molar-refractivity contribution in [1.29, 1.82) is 0 Å². The highest BCUT2D eigenvalue weighted by atomic mass is 32.1. The zero-order valence-corrected chi connectivity index (χ0v) is 18.2. The summed E-state index contributed by atoms with van der Waals surface area (Å²) in [6.07, 6.45) is 1.31. The van der Waals surface area contributed by atoms with Crippen LogP contribution in [-0.2, 0) is 22.7 Å². The summed E-state index contributed by atoms with van der Waals surface area (Å²) < 4.78 is 0. The Morgan fingerprint density at radius 1 is 0.964 bits per heavy atom. The molecule has 0 N–H and O–H groups in total. The third kappa shape index (κ3) is 6.79. The molecule has 0 spiro atoms. The molecule has 0 unspecified atom stereocenters. The predicted molar refractivity (Wildman–Crippen MR) is 116 cm³/mol. The number of hydrogen-bond donors (Lipinski definition) is 0. The van der Waals surface area contributed by atoms with Crippen molar-refractivity contribution in [2.75, 3.05) is 6.54 Å². The first kappa shape index (κ1) is 22.2. The first-order valence-electron chi connectivity index (χ1n) is 10.0. The lowest BCUT2D eigenvalue weighted by molar-refractivity contribution is -0.143. The van der Waals surface area contributed by atoms with Crippen LogP contribution in [0.25, 0.3) is 0 Å². The van der Waals surface area contributed by atoms with Gasteiger partial charge in [0.05, 0.1) is 6.54 Å². The number of nitrogens with zero attached hydrogens (tertiary/aromatic N) is 2. The number of amides is 2. The summed E-state index contributed by atoms with van der Waals surface area (Å²) in [4.78, 5) is 30.7. The lowest BCUT2D eigenvalue weighted by Gasteiger charge is -2.31. The maximum absolute atomic E-state index is 13.2. The summed E-state index contributed by atoms with van der Waals surface area (Å²) in [5, 5.41) is 2.03. The van der Waals surface area contributed by atoms with Crippen molar-refractivity contribution in [3.63, 3.8) is 0 Å². The van der Waals surface area contributed by atoms with Crippen LogP contribution in [0.5, 0.6) is 0 Å². The van der Waals surface area contributed by atoms with Crippen LogP contribution >= 0.6 is 11.3 Å². The summed E-state index contributed by atoms with van der Waals surface area (Å²) in [5.74, 6) is 0.337. The summed E-state index contributed by atoms with van der Waals surface area (Å²) in [5.41, 5.74) is 1.09. The van der Waals surface area contributed by atoms with Gasteiger partial charge in [0, 0.05) is 23.9 Å². The molecule has 0 aliphatic rings. The Hall–Kier alpha value is -2.14. The number of thiophene rings is 1. The smallest absolute Gasteiger partial charge is 0.242 e. The Morgan fingerprint density at radius 3 is 2.25 bits per heavy atom. The molecule has 2 aromatic rings. The molecule has 1 heterocycles. The number of hydrogen-bond acceptors (Lipinski definition) is 3. The van der Waals surface area contributed by atoms with Crippen molar-refractivity contribution in [1.82, 2.24) is 9.80 Å². The Balaban J connectivity index is 2.17. The Morgan fingerprint density at radius 2 is 1.68 bits per heavy atom. The molecule has 0 saturated heterocycles. The maximum atomic E-state index is 13.2. The first-order chi connectivity index (χ1) is 13.4. The third-order valence-electron chi connectivity index (χ3n) is 4.83. The van der Waals surface area contributed by atoms with E-state index in [0.717, 1.165) is 16.9 Å². The SMILES string of the molecule is CC[C@@H](C)N(CC(=O)N(Cc1ccccc1)Cc1cccs1)C(=O)CC(C)C. The molecule has 1 atom stereocenters. The van der Waals surface area contributed by atoms with Crippen LogP contribution in [-0.4, -0.2) is 34.2 Å². The van der Waals surface area contributed by atoms with Crippen molar-refractivity contribution < 1.29 is 9.59 Å². The van der Waals surface area contributed by atoms with Gasteiger partial charge in [-0.1, -0.05) is 57.2 Å². The molecule has 4 nitrogen and oxygen atoms in total. The van der Waals surface area contributed by atoms with Crippen molar-refractivity contribution in [2.24, 2.45) is 5.92 Å². The molecule has 2 rings (SSSR count). The van der Waals surface area contributed by atoms with Gasteiger partial charge in [-0.25, -0.2) is 0 Å². The molecule has 152 valence electrons. The van der Waals surface area contributed by atoms with Crippen LogP contribution in [0, 0.1) is 5.92 Å². The van der Waals surface area contributed by atoms with Crippen LogP contribution in [0.15, 0.2) is 47.8 Å². The van der Waals surface area contributed by atoms with Gasteiger partial charge in [-0.05, 0) is 36.3 Å². The lowest BCUT2D eigenvalue weighted by Crippen LogP contribution is -2.46. The van der Waals surface area contributed by atoms with E-state index < -0.39 is 0 Å². The molecular weight excluding hydrogens is 368 g/mol. The highest BCUT2D eigenvalue weighted by Crippen LogP contribution is 2.17. The van der Waals surface area contributed by atoms with Gasteiger partial charge in [-0.2, -0.15) is 0 Å². The zero-order valence-electron chi connectivity index (χ0n) is 17.4. The average Bonchev–Trinajstić information content (AvgIpc) is 3.18. The molecule has 1 aromatic heterocycles. The van der Waals surface area contributed by atoms with Gasteiger partial charge in [0.15, 0.2) is 0 Å². The second-order valence-electron chi connectivity index (χ2n) is 7.69. The van der Waals surface area contributed by atoms with Crippen molar-refractivity contribution in [2.45, 2.75) is 59.7 Å². The average molecular weight is 401 g/mol. The number of carbonyl (C=O) groups excluding carboxylic acids is 2. The maximum Gasteiger partial charge on any atom is 0.242 e. The van der Waals surface area contributed by atoms with E-state index in [2.05, 4.69) is 6.92 Å². The van der Waals surface area contributed by atoms with E-state index in [1.807, 2.05) is 73.5 Å². The Bertz CT molecular complexity index is 728. The van der Waals surface area contributed by atoms with Crippen LogP contribution in [0.3, 0.4) is 0 Å². The Labute approximate surface area is 173 Å². The topological polar surface area (TPSA) is 40.6 Å². The molecule has 0 bridgehead atoms. The molecule has 0 saturated carbocycles. The third-order valence-corrected chi connectivity index (χ3v) is 5.69. The Kier molecular flexibility index (Phi) is 8.71. The summed E-state index contributed by atoms with van der Waals surface area (Å²) >= 11 is 1.65. The van der Waals surface area contributed by atoms with Gasteiger partial charge in [0.1, 0.15) is 6.54 Å². The van der Waals surface area contributed by atoms with Crippen molar-refractivity contribution in [3.05, 3.63) is 58.3 Å². The predicted octanol–water partition coefficient (Wildman–Crippen LogP) is 4.95. The zero-order chi connectivity index (χ0) is 20.5. The van der Waals surface area contributed by atoms with Gasteiger partial charge in [0.2, 0.25) is 11.8 Å². The van der Waals surface area contributed by atoms with E-state index in [0.29, 0.717) is 19.5 Å². The fraction of sp³-hybridized carbons (Fsp3) is 0.478. The molecule has 0 fully saturated rings. The van der Waals surface area contributed by atoms with E-state index >= 15 is 0 Å². The molecule has 0 radical (unpaired) electrons. The second kappa shape index (κ2) is 11.0. The van der Waals surface area contributed by atoms with Crippen LogP contribution in [0.1, 0.15) is 51.0 Å². The molecule has 5 heteroatoms. The standard InChI is InChI=1S/C23H32N2O2S/c1-5-19(4)25(22(26)14-18(2)3)17-23(27)24(16-21-12-9-13-28-21)15-20-10-7-6-8-11-20/h6-13,18-19H,5,14-17H2,1-4H3/t19-/m1/s1. The number of benzene rings is 1. The molecule has 28 heavy (non-hydrogen) atoms. The molecule has 1 aromatic carbocycles. The number of carbonyl (C=O) groups is 2. The molecule has 0 aliphatic carbocycles. The van der Waals surface area contributed by atoms with Gasteiger partial charge in [0.25, 0.3) is 0 Å². The largest absolute Gasteiger partial charge is 0.332 e. The lowest BCUT2D eigenvalue weighted by atomic mass is 10.1. The van der Waals surface area contributed by atoms with E-state index in [1.54, 1.807) is 16.2 Å². The minimum Gasteiger partial charge on any atom is -0.332 e. The highest BCUT2D eigenvalue weighted by Gasteiger charge is 2.25. The van der Waals surface area contributed by atoms with Crippen molar-refractivity contribution in [3.8, 4) is 0 Å². The summed E-state index contributed by atoms with van der Waals surface area (Å²) in [7, 11) is 0. The van der Waals surface area contributed by atoms with Crippen LogP contribution in [0.2, 0.25) is 0 Å². The van der Waals surface area contributed by atoms with Crippen molar-refractivity contribution >= 4 is 23.2 Å². The van der Waals surface area contributed by atoms with Gasteiger partial charge >= 0.3 is 0 Å². The first-order valence-corrected chi connectivity index (χ1v) is 10.9. The van der Waals surface area contributed by atoms with E-state index in [9.17, 15) is 9.59 Å². The monoisotopic (exact) mass is 400 g/mol. The fourth-order valence-electron chi connectivity index (χ4n) is 3.05. The van der Waals surface area contributed by atoms with Crippen LogP contribution in [0.4, 0.5) is 0 Å². The highest BCUT2D eigenvalue weighted by molar-refractivity contribution is 7.09. The van der Waals surface area contributed by atoms with Gasteiger partial charge in [-0.15, -0.1) is 11.3 Å². The molecule has 0 aliphatic heterocycles. The summed E-state index contributed by atoms with van der Waals surface area (Å²) in [6.45, 7) is 9.39. The number of rotatable bonds is 10.